The number of nitrogens with zero attached hydrogens (tertiary/aromatic N) is 1. The Morgan fingerprint density at radius 1 is 1.16 bits per heavy atom. The molecule has 2 aliphatic heterocycles. The highest BCUT2D eigenvalue weighted by Crippen LogP contribution is 2.44. The zero-order valence-corrected chi connectivity index (χ0v) is 15.2. The number of benzene rings is 1. The van der Waals surface area contributed by atoms with Crippen molar-refractivity contribution < 1.29 is 14.3 Å². The van der Waals surface area contributed by atoms with Crippen molar-refractivity contribution in [3.05, 3.63) is 29.3 Å². The molecule has 6 nitrogen and oxygen atoms in total. The summed E-state index contributed by atoms with van der Waals surface area (Å²) in [5.41, 5.74) is 2.85. The number of carbonyl (C=O) groups excluding carboxylic acids is 2. The first kappa shape index (κ1) is 17.7. The van der Waals surface area contributed by atoms with Gasteiger partial charge in [0.05, 0.1) is 5.92 Å². The fourth-order valence-corrected chi connectivity index (χ4v) is 4.19. The maximum atomic E-state index is 12.8. The molecule has 2 saturated heterocycles. The molecule has 3 rings (SSSR count). The average molecular weight is 345 g/mol. The van der Waals surface area contributed by atoms with E-state index < -0.39 is 0 Å². The first-order valence-corrected chi connectivity index (χ1v) is 8.87. The van der Waals surface area contributed by atoms with Crippen molar-refractivity contribution in [2.75, 3.05) is 38.7 Å². The van der Waals surface area contributed by atoms with E-state index in [9.17, 15) is 9.59 Å². The Kier molecular flexibility index (Phi) is 4.99. The molecule has 0 saturated carbocycles. The van der Waals surface area contributed by atoms with E-state index in [1.165, 1.54) is 0 Å². The van der Waals surface area contributed by atoms with Crippen LogP contribution in [0.15, 0.2) is 18.2 Å². The van der Waals surface area contributed by atoms with Crippen molar-refractivity contribution in [1.29, 1.82) is 0 Å². The normalized spacial score (nSPS) is 22.0. The molecule has 6 heteroatoms. The summed E-state index contributed by atoms with van der Waals surface area (Å²) in [5.74, 6) is -0.157. The summed E-state index contributed by atoms with van der Waals surface area (Å²) >= 11 is 0. The van der Waals surface area contributed by atoms with E-state index in [2.05, 4.69) is 16.7 Å². The third-order valence-corrected chi connectivity index (χ3v) is 5.46. The van der Waals surface area contributed by atoms with Crippen molar-refractivity contribution in [3.63, 3.8) is 0 Å². The van der Waals surface area contributed by atoms with Gasteiger partial charge < -0.3 is 20.3 Å². The van der Waals surface area contributed by atoms with Crippen LogP contribution in [-0.4, -0.2) is 50.2 Å². The minimum absolute atomic E-state index is 0.0172. The van der Waals surface area contributed by atoms with E-state index in [1.54, 1.807) is 11.9 Å². The number of hydrogen-bond acceptors (Lipinski definition) is 3. The smallest absolute Gasteiger partial charge is 0.321 e. The number of anilines is 1. The van der Waals surface area contributed by atoms with Gasteiger partial charge in [-0.2, -0.15) is 0 Å². The number of carbonyl (C=O) groups is 2. The fraction of sp³-hybridized carbons (Fsp3) is 0.579. The third-order valence-electron chi connectivity index (χ3n) is 5.46. The Morgan fingerprint density at radius 3 is 2.40 bits per heavy atom. The lowest BCUT2D eigenvalue weighted by Gasteiger charge is -2.36. The molecule has 1 unspecified atom stereocenters. The molecule has 136 valence electrons. The predicted octanol–water partition coefficient (Wildman–Crippen LogP) is 2.31. The molecule has 2 N–H and O–H groups in total. The second kappa shape index (κ2) is 7.04. The highest BCUT2D eigenvalue weighted by molar-refractivity contribution is 5.91. The molecule has 0 bridgehead atoms. The molecule has 2 heterocycles. The van der Waals surface area contributed by atoms with Gasteiger partial charge in [-0.1, -0.05) is 6.07 Å². The van der Waals surface area contributed by atoms with Crippen molar-refractivity contribution >= 4 is 17.6 Å². The van der Waals surface area contributed by atoms with Gasteiger partial charge in [0.15, 0.2) is 0 Å². The molecule has 1 aromatic rings. The van der Waals surface area contributed by atoms with E-state index in [1.807, 2.05) is 26.0 Å². The molecule has 2 aliphatic rings. The van der Waals surface area contributed by atoms with E-state index in [4.69, 9.17) is 4.74 Å². The summed E-state index contributed by atoms with van der Waals surface area (Å²) in [6.07, 6.45) is 1.64. The number of aryl methyl sites for hydroxylation is 2. The number of amides is 3. The van der Waals surface area contributed by atoms with Gasteiger partial charge in [-0.15, -0.1) is 0 Å². The fourth-order valence-electron chi connectivity index (χ4n) is 4.19. The Bertz CT molecular complexity index is 648. The Labute approximate surface area is 148 Å². The third kappa shape index (κ3) is 3.63. The molecule has 3 amide bonds. The van der Waals surface area contributed by atoms with Crippen LogP contribution in [0.5, 0.6) is 0 Å². The number of urea groups is 1. The lowest BCUT2D eigenvalue weighted by molar-refractivity contribution is -0.129. The van der Waals surface area contributed by atoms with Gasteiger partial charge in [0.2, 0.25) is 5.91 Å². The molecular formula is C19H27N3O3. The summed E-state index contributed by atoms with van der Waals surface area (Å²) in [4.78, 5) is 26.9. The Hall–Kier alpha value is -2.08. The monoisotopic (exact) mass is 345 g/mol. The SMILES string of the molecule is CNC(=O)C1CN(C(=O)Nc2cc(C)cc(C)c2)CC12CCOCC2. The Balaban J connectivity index is 1.76. The summed E-state index contributed by atoms with van der Waals surface area (Å²) in [6, 6.07) is 5.86. The quantitative estimate of drug-likeness (QED) is 0.864. The molecule has 0 aromatic heterocycles. The zero-order valence-electron chi connectivity index (χ0n) is 15.2. The summed E-state index contributed by atoms with van der Waals surface area (Å²) in [5, 5.41) is 5.75. The number of ether oxygens (including phenoxy) is 1. The van der Waals surface area contributed by atoms with Gasteiger partial charge in [0, 0.05) is 44.5 Å². The second-order valence-electron chi connectivity index (χ2n) is 7.33. The van der Waals surface area contributed by atoms with E-state index in [0.29, 0.717) is 26.3 Å². The highest BCUT2D eigenvalue weighted by atomic mass is 16.5. The largest absolute Gasteiger partial charge is 0.381 e. The van der Waals surface area contributed by atoms with E-state index >= 15 is 0 Å². The number of nitrogens with one attached hydrogen (secondary N) is 2. The first-order chi connectivity index (χ1) is 11.9. The average Bonchev–Trinajstić information content (AvgIpc) is 2.93. The van der Waals surface area contributed by atoms with Crippen LogP contribution in [0.3, 0.4) is 0 Å². The van der Waals surface area contributed by atoms with Crippen LogP contribution < -0.4 is 10.6 Å². The molecule has 1 spiro atoms. The molecule has 1 atom stereocenters. The zero-order chi connectivity index (χ0) is 18.0. The molecule has 0 aliphatic carbocycles. The standard InChI is InChI=1S/C19H27N3O3/c1-13-8-14(2)10-15(9-13)21-18(24)22-11-16(17(23)20-3)19(12-22)4-6-25-7-5-19/h8-10,16H,4-7,11-12H2,1-3H3,(H,20,23)(H,21,24). The van der Waals surface area contributed by atoms with Crippen LogP contribution in [0, 0.1) is 25.2 Å². The van der Waals surface area contributed by atoms with E-state index in [-0.39, 0.29) is 23.3 Å². The van der Waals surface area contributed by atoms with Gasteiger partial charge in [-0.3, -0.25) is 4.79 Å². The van der Waals surface area contributed by atoms with Crippen LogP contribution in [0.1, 0.15) is 24.0 Å². The molecule has 2 fully saturated rings. The second-order valence-corrected chi connectivity index (χ2v) is 7.33. The van der Waals surface area contributed by atoms with Crippen molar-refractivity contribution in [2.45, 2.75) is 26.7 Å². The molecule has 25 heavy (non-hydrogen) atoms. The van der Waals surface area contributed by atoms with Crippen molar-refractivity contribution in [2.24, 2.45) is 11.3 Å². The molecule has 0 radical (unpaired) electrons. The maximum Gasteiger partial charge on any atom is 0.321 e. The van der Waals surface area contributed by atoms with Crippen LogP contribution >= 0.6 is 0 Å². The van der Waals surface area contributed by atoms with Crippen LogP contribution in [0.25, 0.3) is 0 Å². The van der Waals surface area contributed by atoms with Crippen molar-refractivity contribution in [3.8, 4) is 0 Å². The minimum atomic E-state index is -0.175. The van der Waals surface area contributed by atoms with Crippen LogP contribution in [-0.2, 0) is 9.53 Å². The first-order valence-electron chi connectivity index (χ1n) is 8.87. The lowest BCUT2D eigenvalue weighted by Crippen LogP contribution is -2.43. The predicted molar refractivity (Wildman–Crippen MR) is 96.6 cm³/mol. The topological polar surface area (TPSA) is 70.7 Å². The lowest BCUT2D eigenvalue weighted by atomic mass is 9.72. The van der Waals surface area contributed by atoms with Gasteiger partial charge >= 0.3 is 6.03 Å². The van der Waals surface area contributed by atoms with Crippen LogP contribution in [0.2, 0.25) is 0 Å². The van der Waals surface area contributed by atoms with Crippen LogP contribution in [0.4, 0.5) is 10.5 Å². The molecule has 1 aromatic carbocycles. The number of rotatable bonds is 2. The minimum Gasteiger partial charge on any atom is -0.381 e. The van der Waals surface area contributed by atoms with Gasteiger partial charge in [0.1, 0.15) is 0 Å². The summed E-state index contributed by atoms with van der Waals surface area (Å²) < 4.78 is 5.48. The number of hydrogen-bond donors (Lipinski definition) is 2. The van der Waals surface area contributed by atoms with E-state index in [0.717, 1.165) is 29.7 Å². The summed E-state index contributed by atoms with van der Waals surface area (Å²) in [7, 11) is 1.66. The molecular weight excluding hydrogens is 318 g/mol. The van der Waals surface area contributed by atoms with Gasteiger partial charge in [-0.25, -0.2) is 4.79 Å². The highest BCUT2D eigenvalue weighted by Gasteiger charge is 2.51. The maximum absolute atomic E-state index is 12.8. The van der Waals surface area contributed by atoms with Gasteiger partial charge in [0.25, 0.3) is 0 Å². The van der Waals surface area contributed by atoms with Crippen molar-refractivity contribution in [1.82, 2.24) is 10.2 Å². The Morgan fingerprint density at radius 2 is 1.80 bits per heavy atom. The number of likely N-dealkylation sites (tertiary alicyclic amines) is 1. The summed E-state index contributed by atoms with van der Waals surface area (Å²) in [6.45, 7) is 6.38. The van der Waals surface area contributed by atoms with Gasteiger partial charge in [-0.05, 0) is 49.9 Å².